The molecule has 4 rings (SSSR count). The van der Waals surface area contributed by atoms with Crippen LogP contribution in [0.15, 0.2) is 33.5 Å². The number of hydrogen-bond donors (Lipinski definition) is 3. The summed E-state index contributed by atoms with van der Waals surface area (Å²) in [6, 6.07) is 6.74. The van der Waals surface area contributed by atoms with Crippen LogP contribution in [0.2, 0.25) is 0 Å². The first-order valence-electron chi connectivity index (χ1n) is 9.47. The molecular weight excluding hydrogens is 362 g/mol. The van der Waals surface area contributed by atoms with Crippen molar-refractivity contribution in [2.45, 2.75) is 38.3 Å². The van der Waals surface area contributed by atoms with Crippen LogP contribution in [-0.4, -0.2) is 37.2 Å². The Morgan fingerprint density at radius 1 is 1.29 bits per heavy atom. The minimum atomic E-state index is -0.420. The summed E-state index contributed by atoms with van der Waals surface area (Å²) < 4.78 is 10.8. The molecule has 0 spiro atoms. The molecule has 8 nitrogen and oxygen atoms in total. The Morgan fingerprint density at radius 3 is 3.00 bits per heavy atom. The first-order valence-corrected chi connectivity index (χ1v) is 9.47. The number of ether oxygens (including phenoxy) is 1. The zero-order valence-electron chi connectivity index (χ0n) is 15.6. The average Bonchev–Trinajstić information content (AvgIpc) is 2.66. The van der Waals surface area contributed by atoms with Gasteiger partial charge in [-0.15, -0.1) is 0 Å². The molecule has 2 fully saturated rings. The van der Waals surface area contributed by atoms with Gasteiger partial charge in [0.1, 0.15) is 11.3 Å². The number of nitrogens with one attached hydrogen (secondary N) is 3. The molecule has 1 aliphatic heterocycles. The van der Waals surface area contributed by atoms with E-state index in [0.717, 1.165) is 23.8 Å². The van der Waals surface area contributed by atoms with E-state index in [1.54, 1.807) is 18.2 Å². The molecule has 1 aromatic carbocycles. The van der Waals surface area contributed by atoms with Gasteiger partial charge >= 0.3 is 5.63 Å². The standard InChI is InChI=1S/C20H23N3O5/c1-11-6-19(25)28-17-8-13(3-4-14(11)17)27-9-18(24)23-12-2-5-16-15(7-12)20(26)22-10-21-16/h3-4,6,8,12,15-16,21H,2,5,7,9-10H2,1H3,(H,22,26)(H,23,24). The van der Waals surface area contributed by atoms with Crippen molar-refractivity contribution in [3.05, 3.63) is 40.2 Å². The normalized spacial score (nSPS) is 24.3. The van der Waals surface area contributed by atoms with Crippen LogP contribution in [0.4, 0.5) is 0 Å². The molecule has 1 saturated heterocycles. The Bertz CT molecular complexity index is 970. The fourth-order valence-electron chi connectivity index (χ4n) is 4.05. The lowest BCUT2D eigenvalue weighted by Crippen LogP contribution is -2.59. The highest BCUT2D eigenvalue weighted by atomic mass is 16.5. The maximum atomic E-state index is 12.3. The molecule has 2 aromatic rings. The molecule has 0 bridgehead atoms. The third-order valence-corrected chi connectivity index (χ3v) is 5.47. The minimum absolute atomic E-state index is 0.0414. The predicted octanol–water partition coefficient (Wildman–Crippen LogP) is 0.811. The summed E-state index contributed by atoms with van der Waals surface area (Å²) in [6.07, 6.45) is 2.30. The molecule has 1 saturated carbocycles. The number of fused-ring (bicyclic) bond motifs is 2. The fourth-order valence-corrected chi connectivity index (χ4v) is 4.05. The molecule has 8 heteroatoms. The van der Waals surface area contributed by atoms with E-state index in [4.69, 9.17) is 9.15 Å². The van der Waals surface area contributed by atoms with Crippen LogP contribution >= 0.6 is 0 Å². The second-order valence-corrected chi connectivity index (χ2v) is 7.41. The molecule has 2 heterocycles. The summed E-state index contributed by atoms with van der Waals surface area (Å²) in [6.45, 7) is 2.21. The molecule has 3 unspecified atom stereocenters. The highest BCUT2D eigenvalue weighted by Crippen LogP contribution is 2.27. The summed E-state index contributed by atoms with van der Waals surface area (Å²) in [7, 11) is 0. The molecule has 1 aliphatic carbocycles. The van der Waals surface area contributed by atoms with E-state index in [-0.39, 0.29) is 36.4 Å². The number of carbonyl (C=O) groups is 2. The number of hydrogen-bond acceptors (Lipinski definition) is 6. The van der Waals surface area contributed by atoms with Gasteiger partial charge in [-0.1, -0.05) is 0 Å². The third kappa shape index (κ3) is 3.87. The minimum Gasteiger partial charge on any atom is -0.484 e. The van der Waals surface area contributed by atoms with Crippen LogP contribution in [0.3, 0.4) is 0 Å². The van der Waals surface area contributed by atoms with Crippen molar-refractivity contribution in [2.24, 2.45) is 5.92 Å². The molecule has 3 atom stereocenters. The van der Waals surface area contributed by atoms with E-state index in [0.29, 0.717) is 24.4 Å². The SMILES string of the molecule is Cc1cc(=O)oc2cc(OCC(=O)NC3CCC4NCNC(=O)C4C3)ccc12. The van der Waals surface area contributed by atoms with Crippen LogP contribution in [-0.2, 0) is 9.59 Å². The smallest absolute Gasteiger partial charge is 0.336 e. The zero-order chi connectivity index (χ0) is 19.7. The van der Waals surface area contributed by atoms with Gasteiger partial charge < -0.3 is 19.8 Å². The third-order valence-electron chi connectivity index (χ3n) is 5.47. The molecule has 148 valence electrons. The summed E-state index contributed by atoms with van der Waals surface area (Å²) >= 11 is 0. The van der Waals surface area contributed by atoms with Crippen LogP contribution in [0.1, 0.15) is 24.8 Å². The van der Waals surface area contributed by atoms with E-state index in [9.17, 15) is 14.4 Å². The first kappa shape index (κ1) is 18.5. The van der Waals surface area contributed by atoms with Crippen molar-refractivity contribution in [1.82, 2.24) is 16.0 Å². The first-order chi connectivity index (χ1) is 13.5. The fraction of sp³-hybridized carbons (Fsp3) is 0.450. The summed E-state index contributed by atoms with van der Waals surface area (Å²) in [4.78, 5) is 35.8. The Hall–Kier alpha value is -2.87. The van der Waals surface area contributed by atoms with E-state index in [1.165, 1.54) is 6.07 Å². The van der Waals surface area contributed by atoms with Gasteiger partial charge in [-0.3, -0.25) is 14.9 Å². The second-order valence-electron chi connectivity index (χ2n) is 7.41. The predicted molar refractivity (Wildman–Crippen MR) is 102 cm³/mol. The van der Waals surface area contributed by atoms with Gasteiger partial charge in [-0.2, -0.15) is 0 Å². The van der Waals surface area contributed by atoms with Crippen LogP contribution < -0.4 is 26.3 Å². The van der Waals surface area contributed by atoms with Gasteiger partial charge in [-0.05, 0) is 43.9 Å². The lowest BCUT2D eigenvalue weighted by atomic mass is 9.80. The van der Waals surface area contributed by atoms with Gasteiger partial charge in [0.25, 0.3) is 5.91 Å². The molecule has 3 N–H and O–H groups in total. The maximum absolute atomic E-state index is 12.3. The molecule has 1 aromatic heterocycles. The van der Waals surface area contributed by atoms with Gasteiger partial charge in [0.05, 0.1) is 12.6 Å². The van der Waals surface area contributed by atoms with Gasteiger partial charge in [0.15, 0.2) is 6.61 Å². The Morgan fingerprint density at radius 2 is 2.14 bits per heavy atom. The number of carbonyl (C=O) groups excluding carboxylic acids is 2. The number of benzene rings is 1. The average molecular weight is 385 g/mol. The summed E-state index contributed by atoms with van der Waals surface area (Å²) in [5, 5.41) is 9.88. The van der Waals surface area contributed by atoms with E-state index < -0.39 is 5.63 Å². The monoisotopic (exact) mass is 385 g/mol. The summed E-state index contributed by atoms with van der Waals surface area (Å²) in [5.74, 6) is 0.154. The van der Waals surface area contributed by atoms with E-state index in [2.05, 4.69) is 16.0 Å². The molecular formula is C20H23N3O5. The number of amides is 2. The lowest BCUT2D eigenvalue weighted by molar-refractivity contribution is -0.131. The molecule has 28 heavy (non-hydrogen) atoms. The Balaban J connectivity index is 1.34. The van der Waals surface area contributed by atoms with Crippen LogP contribution in [0.25, 0.3) is 11.0 Å². The largest absolute Gasteiger partial charge is 0.484 e. The van der Waals surface area contributed by atoms with Crippen molar-refractivity contribution in [3.63, 3.8) is 0 Å². The van der Waals surface area contributed by atoms with Crippen molar-refractivity contribution < 1.29 is 18.7 Å². The van der Waals surface area contributed by atoms with E-state index >= 15 is 0 Å². The van der Waals surface area contributed by atoms with Crippen molar-refractivity contribution in [1.29, 1.82) is 0 Å². The second kappa shape index (κ2) is 7.63. The van der Waals surface area contributed by atoms with E-state index in [1.807, 2.05) is 6.92 Å². The van der Waals surface area contributed by atoms with Gasteiger partial charge in [0, 0.05) is 29.6 Å². The molecule has 2 amide bonds. The molecule has 2 aliphatic rings. The molecule has 0 radical (unpaired) electrons. The van der Waals surface area contributed by atoms with Crippen molar-refractivity contribution in [2.75, 3.05) is 13.3 Å². The maximum Gasteiger partial charge on any atom is 0.336 e. The van der Waals surface area contributed by atoms with Gasteiger partial charge in [0.2, 0.25) is 5.91 Å². The highest BCUT2D eigenvalue weighted by Gasteiger charge is 2.37. The van der Waals surface area contributed by atoms with Crippen LogP contribution in [0.5, 0.6) is 5.75 Å². The van der Waals surface area contributed by atoms with Crippen molar-refractivity contribution in [3.8, 4) is 5.75 Å². The quantitative estimate of drug-likeness (QED) is 0.672. The van der Waals surface area contributed by atoms with Gasteiger partial charge in [-0.25, -0.2) is 4.79 Å². The highest BCUT2D eigenvalue weighted by molar-refractivity contribution is 5.82. The van der Waals surface area contributed by atoms with Crippen LogP contribution in [0, 0.1) is 12.8 Å². The summed E-state index contributed by atoms with van der Waals surface area (Å²) in [5.41, 5.74) is 0.834. The zero-order valence-corrected chi connectivity index (χ0v) is 15.6. The lowest BCUT2D eigenvalue weighted by Gasteiger charge is -2.39. The topological polar surface area (TPSA) is 110 Å². The number of rotatable bonds is 4. The number of aryl methyl sites for hydroxylation is 1. The Labute approximate surface area is 161 Å². The van der Waals surface area contributed by atoms with Crippen molar-refractivity contribution >= 4 is 22.8 Å². The Kier molecular flexibility index (Phi) is 5.04.